The lowest BCUT2D eigenvalue weighted by Crippen LogP contribution is -2.49. The second-order valence-electron chi connectivity index (χ2n) is 5.12. The molecule has 4 nitrogen and oxygen atoms in total. The summed E-state index contributed by atoms with van der Waals surface area (Å²) in [5.41, 5.74) is -0.118. The molecule has 1 aromatic carbocycles. The minimum Gasteiger partial charge on any atom is -0.480 e. The lowest BCUT2D eigenvalue weighted by molar-refractivity contribution is -0.142. The van der Waals surface area contributed by atoms with E-state index < -0.39 is 23.3 Å². The zero-order chi connectivity index (χ0) is 13.9. The molecule has 18 heavy (non-hydrogen) atoms. The van der Waals surface area contributed by atoms with E-state index >= 15 is 0 Å². The number of hydrogen-bond donors (Lipinski definition) is 2. The van der Waals surface area contributed by atoms with Crippen molar-refractivity contribution < 1.29 is 14.7 Å². The quantitative estimate of drug-likeness (QED) is 0.901. The number of nitrogens with one attached hydrogen (secondary N) is 1. The van der Waals surface area contributed by atoms with Crippen LogP contribution in [0.1, 0.15) is 31.1 Å². The fourth-order valence-electron chi connectivity index (χ4n) is 1.49. The Morgan fingerprint density at radius 1 is 1.33 bits per heavy atom. The van der Waals surface area contributed by atoms with Crippen LogP contribution in [0.2, 0.25) is 0 Å². The number of carbonyl (C=O) groups is 2. The van der Waals surface area contributed by atoms with Gasteiger partial charge in [0.1, 0.15) is 6.04 Å². The molecule has 0 saturated carbocycles. The zero-order valence-corrected chi connectivity index (χ0v) is 12.1. The van der Waals surface area contributed by atoms with Crippen LogP contribution in [0.25, 0.3) is 0 Å². The third kappa shape index (κ3) is 3.84. The van der Waals surface area contributed by atoms with Crippen molar-refractivity contribution in [1.82, 2.24) is 5.32 Å². The molecule has 0 bridgehead atoms. The van der Waals surface area contributed by atoms with Crippen LogP contribution in [0.4, 0.5) is 0 Å². The van der Waals surface area contributed by atoms with Gasteiger partial charge in [-0.25, -0.2) is 4.79 Å². The highest BCUT2D eigenvalue weighted by Crippen LogP contribution is 2.20. The van der Waals surface area contributed by atoms with Crippen molar-refractivity contribution in [2.24, 2.45) is 5.41 Å². The van der Waals surface area contributed by atoms with Gasteiger partial charge in [-0.1, -0.05) is 42.8 Å². The minimum atomic E-state index is -1.04. The third-order valence-electron chi connectivity index (χ3n) is 2.48. The van der Waals surface area contributed by atoms with E-state index in [2.05, 4.69) is 21.2 Å². The summed E-state index contributed by atoms with van der Waals surface area (Å²) in [4.78, 5) is 23.1. The fourth-order valence-corrected chi connectivity index (χ4v) is 1.89. The number of benzene rings is 1. The normalized spacial score (nSPS) is 12.9. The lowest BCUT2D eigenvalue weighted by atomic mass is 9.86. The Morgan fingerprint density at radius 2 is 1.94 bits per heavy atom. The Kier molecular flexibility index (Phi) is 4.51. The van der Waals surface area contributed by atoms with Gasteiger partial charge in [-0.15, -0.1) is 0 Å². The van der Waals surface area contributed by atoms with Gasteiger partial charge in [-0.2, -0.15) is 0 Å². The molecule has 0 aliphatic heterocycles. The largest absolute Gasteiger partial charge is 0.480 e. The van der Waals surface area contributed by atoms with Crippen LogP contribution < -0.4 is 5.32 Å². The maximum atomic E-state index is 12.0. The van der Waals surface area contributed by atoms with Crippen LogP contribution in [0.15, 0.2) is 28.7 Å². The van der Waals surface area contributed by atoms with Gasteiger partial charge >= 0.3 is 5.97 Å². The van der Waals surface area contributed by atoms with Crippen LogP contribution in [0.5, 0.6) is 0 Å². The van der Waals surface area contributed by atoms with Crippen LogP contribution in [0, 0.1) is 5.41 Å². The molecule has 0 fully saturated rings. The van der Waals surface area contributed by atoms with Crippen molar-refractivity contribution in [3.63, 3.8) is 0 Å². The first-order chi connectivity index (χ1) is 8.21. The summed E-state index contributed by atoms with van der Waals surface area (Å²) in [5.74, 6) is -1.43. The van der Waals surface area contributed by atoms with Crippen molar-refractivity contribution >= 4 is 27.8 Å². The monoisotopic (exact) mass is 313 g/mol. The van der Waals surface area contributed by atoms with Crippen molar-refractivity contribution in [2.45, 2.75) is 26.8 Å². The summed E-state index contributed by atoms with van der Waals surface area (Å²) in [6.45, 7) is 5.31. The lowest BCUT2D eigenvalue weighted by Gasteiger charge is -2.27. The predicted octanol–water partition coefficient (Wildman–Crippen LogP) is 2.68. The van der Waals surface area contributed by atoms with Crippen molar-refractivity contribution in [3.05, 3.63) is 34.3 Å². The summed E-state index contributed by atoms with van der Waals surface area (Å²) in [6, 6.07) is 5.89. The Balaban J connectivity index is 2.89. The topological polar surface area (TPSA) is 66.4 Å². The Hall–Kier alpha value is -1.36. The maximum absolute atomic E-state index is 12.0. The second kappa shape index (κ2) is 5.52. The highest BCUT2D eigenvalue weighted by atomic mass is 79.9. The van der Waals surface area contributed by atoms with E-state index in [1.54, 1.807) is 45.0 Å². The van der Waals surface area contributed by atoms with E-state index in [1.807, 2.05) is 0 Å². The number of halogens is 1. The van der Waals surface area contributed by atoms with Crippen LogP contribution >= 0.6 is 15.9 Å². The molecule has 0 spiro atoms. The van der Waals surface area contributed by atoms with E-state index in [1.165, 1.54) is 0 Å². The van der Waals surface area contributed by atoms with Crippen molar-refractivity contribution in [1.29, 1.82) is 0 Å². The van der Waals surface area contributed by atoms with Gasteiger partial charge in [0.2, 0.25) is 0 Å². The van der Waals surface area contributed by atoms with E-state index in [0.29, 0.717) is 5.56 Å². The number of carboxylic acid groups (broad SMARTS) is 1. The standard InChI is InChI=1S/C13H16BrNO3/c1-13(2,3)10(12(17)18)15-11(16)8-5-4-6-9(14)7-8/h4-7,10H,1-3H3,(H,15,16)(H,17,18). The molecule has 1 unspecified atom stereocenters. The van der Waals surface area contributed by atoms with E-state index in [-0.39, 0.29) is 0 Å². The molecule has 0 radical (unpaired) electrons. The maximum Gasteiger partial charge on any atom is 0.326 e. The average molecular weight is 314 g/mol. The minimum absolute atomic E-state index is 0.390. The number of aliphatic carboxylic acids is 1. The van der Waals surface area contributed by atoms with E-state index in [4.69, 9.17) is 5.11 Å². The summed E-state index contributed by atoms with van der Waals surface area (Å²) >= 11 is 3.27. The highest BCUT2D eigenvalue weighted by molar-refractivity contribution is 9.10. The van der Waals surface area contributed by atoms with Gasteiger partial charge < -0.3 is 10.4 Å². The van der Waals surface area contributed by atoms with Crippen LogP contribution in [-0.2, 0) is 4.79 Å². The van der Waals surface area contributed by atoms with Gasteiger partial charge in [0.15, 0.2) is 0 Å². The first-order valence-corrected chi connectivity index (χ1v) is 6.30. The van der Waals surface area contributed by atoms with Crippen molar-refractivity contribution in [3.8, 4) is 0 Å². The number of rotatable bonds is 3. The first kappa shape index (κ1) is 14.7. The van der Waals surface area contributed by atoms with Crippen LogP contribution in [0.3, 0.4) is 0 Å². The van der Waals surface area contributed by atoms with E-state index in [9.17, 15) is 9.59 Å². The summed E-state index contributed by atoms with van der Waals surface area (Å²) in [5, 5.41) is 11.7. The number of carboxylic acids is 1. The molecule has 0 aromatic heterocycles. The first-order valence-electron chi connectivity index (χ1n) is 5.51. The molecule has 0 saturated heterocycles. The molecule has 0 aliphatic carbocycles. The molecule has 5 heteroatoms. The molecule has 2 N–H and O–H groups in total. The Bertz CT molecular complexity index is 466. The molecule has 1 atom stereocenters. The molecule has 98 valence electrons. The zero-order valence-electron chi connectivity index (χ0n) is 10.5. The SMILES string of the molecule is CC(C)(C)C(NC(=O)c1cccc(Br)c1)C(=O)O. The van der Waals surface area contributed by atoms with Gasteiger partial charge in [-0.05, 0) is 23.6 Å². The molecule has 1 aromatic rings. The van der Waals surface area contributed by atoms with Gasteiger partial charge in [0.25, 0.3) is 5.91 Å². The Labute approximate surface area is 115 Å². The average Bonchev–Trinajstić information content (AvgIpc) is 2.23. The van der Waals surface area contributed by atoms with Gasteiger partial charge in [0, 0.05) is 10.0 Å². The molecular formula is C13H16BrNO3. The molecular weight excluding hydrogens is 298 g/mol. The van der Waals surface area contributed by atoms with E-state index in [0.717, 1.165) is 4.47 Å². The van der Waals surface area contributed by atoms with Gasteiger partial charge in [0.05, 0.1) is 0 Å². The summed E-state index contributed by atoms with van der Waals surface area (Å²) in [7, 11) is 0. The predicted molar refractivity (Wildman–Crippen MR) is 72.5 cm³/mol. The molecule has 1 amide bonds. The number of hydrogen-bond acceptors (Lipinski definition) is 2. The highest BCUT2D eigenvalue weighted by Gasteiger charge is 2.32. The number of carbonyl (C=O) groups excluding carboxylic acids is 1. The second-order valence-corrected chi connectivity index (χ2v) is 6.04. The van der Waals surface area contributed by atoms with Gasteiger partial charge in [-0.3, -0.25) is 4.79 Å². The van der Waals surface area contributed by atoms with Crippen molar-refractivity contribution in [2.75, 3.05) is 0 Å². The molecule has 1 rings (SSSR count). The smallest absolute Gasteiger partial charge is 0.326 e. The number of amides is 1. The molecule has 0 heterocycles. The Morgan fingerprint density at radius 3 is 2.39 bits per heavy atom. The third-order valence-corrected chi connectivity index (χ3v) is 2.97. The fraction of sp³-hybridized carbons (Fsp3) is 0.385. The molecule has 0 aliphatic rings. The summed E-state index contributed by atoms with van der Waals surface area (Å²) in [6.07, 6.45) is 0. The van der Waals surface area contributed by atoms with Crippen LogP contribution in [-0.4, -0.2) is 23.0 Å². The summed E-state index contributed by atoms with van der Waals surface area (Å²) < 4.78 is 0.776.